The third-order valence-electron chi connectivity index (χ3n) is 5.54. The van der Waals surface area contributed by atoms with Crippen LogP contribution < -0.4 is 0 Å². The van der Waals surface area contributed by atoms with Crippen LogP contribution >= 0.6 is 0 Å². The molecule has 1 saturated heterocycles. The summed E-state index contributed by atoms with van der Waals surface area (Å²) in [6, 6.07) is 4.41. The van der Waals surface area contributed by atoms with Crippen LogP contribution in [-0.4, -0.2) is 59.1 Å². The summed E-state index contributed by atoms with van der Waals surface area (Å²) in [5.74, 6) is 0.996. The SMILES string of the molecule is Cc1ccc(F)c(S(=O)(=O)N2CCc3nnc(C4CCCN4C)n3CC2)c1. The van der Waals surface area contributed by atoms with E-state index in [1.165, 1.54) is 16.4 Å². The Bertz CT molecular complexity index is 959. The highest BCUT2D eigenvalue weighted by Gasteiger charge is 2.33. The number of aromatic nitrogens is 3. The summed E-state index contributed by atoms with van der Waals surface area (Å²) in [5, 5.41) is 8.69. The molecule has 4 rings (SSSR count). The number of benzene rings is 1. The molecule has 0 amide bonds. The molecule has 0 radical (unpaired) electrons. The van der Waals surface area contributed by atoms with Crippen LogP contribution in [0.2, 0.25) is 0 Å². The minimum absolute atomic E-state index is 0.226. The standard InChI is InChI=1S/C18H24FN5O2S/c1-13-5-6-14(19)16(12-13)27(25,26)23-9-7-17-20-21-18(24(17)11-10-23)15-4-3-8-22(15)2/h5-6,12,15H,3-4,7-11H2,1-2H3. The van der Waals surface area contributed by atoms with E-state index in [4.69, 9.17) is 0 Å². The van der Waals surface area contributed by atoms with E-state index >= 15 is 0 Å². The van der Waals surface area contributed by atoms with Crippen LogP contribution in [-0.2, 0) is 23.0 Å². The normalized spacial score (nSPS) is 22.0. The van der Waals surface area contributed by atoms with Crippen molar-refractivity contribution >= 4 is 10.0 Å². The molecule has 0 bridgehead atoms. The van der Waals surface area contributed by atoms with E-state index in [0.717, 1.165) is 31.0 Å². The van der Waals surface area contributed by atoms with Gasteiger partial charge in [-0.3, -0.25) is 4.90 Å². The van der Waals surface area contributed by atoms with Gasteiger partial charge in [-0.1, -0.05) is 6.07 Å². The quantitative estimate of drug-likeness (QED) is 0.794. The largest absolute Gasteiger partial charge is 0.312 e. The fraction of sp³-hybridized carbons (Fsp3) is 0.556. The molecule has 2 aliphatic heterocycles. The smallest absolute Gasteiger partial charge is 0.246 e. The van der Waals surface area contributed by atoms with E-state index in [1.807, 2.05) is 0 Å². The molecule has 0 saturated carbocycles. The Morgan fingerprint density at radius 1 is 1.15 bits per heavy atom. The monoisotopic (exact) mass is 393 g/mol. The average Bonchev–Trinajstić information content (AvgIpc) is 3.16. The summed E-state index contributed by atoms with van der Waals surface area (Å²) >= 11 is 0. The molecule has 7 nitrogen and oxygen atoms in total. The summed E-state index contributed by atoms with van der Waals surface area (Å²) in [4.78, 5) is 2.01. The zero-order valence-corrected chi connectivity index (χ0v) is 16.4. The van der Waals surface area contributed by atoms with Crippen molar-refractivity contribution in [1.82, 2.24) is 24.0 Å². The lowest BCUT2D eigenvalue weighted by atomic mass is 10.2. The minimum atomic E-state index is -3.89. The van der Waals surface area contributed by atoms with Gasteiger partial charge in [-0.05, 0) is 51.1 Å². The van der Waals surface area contributed by atoms with Crippen molar-refractivity contribution in [2.24, 2.45) is 0 Å². The van der Waals surface area contributed by atoms with Crippen molar-refractivity contribution in [3.63, 3.8) is 0 Å². The molecule has 1 fully saturated rings. The molecule has 0 aliphatic carbocycles. The summed E-state index contributed by atoms with van der Waals surface area (Å²) in [6.07, 6.45) is 2.62. The summed E-state index contributed by atoms with van der Waals surface area (Å²) in [5.41, 5.74) is 0.716. The molecule has 2 aromatic rings. The van der Waals surface area contributed by atoms with Crippen molar-refractivity contribution in [1.29, 1.82) is 0 Å². The van der Waals surface area contributed by atoms with E-state index in [2.05, 4.69) is 26.7 Å². The lowest BCUT2D eigenvalue weighted by molar-refractivity contribution is 0.295. The van der Waals surface area contributed by atoms with Gasteiger partial charge in [0, 0.05) is 26.1 Å². The minimum Gasteiger partial charge on any atom is -0.312 e. The highest BCUT2D eigenvalue weighted by molar-refractivity contribution is 7.89. The van der Waals surface area contributed by atoms with Crippen LogP contribution in [0.4, 0.5) is 4.39 Å². The van der Waals surface area contributed by atoms with Crippen LogP contribution in [0.25, 0.3) is 0 Å². The molecule has 9 heteroatoms. The second kappa shape index (κ2) is 6.96. The lowest BCUT2D eigenvalue weighted by Crippen LogP contribution is -2.34. The molecular weight excluding hydrogens is 369 g/mol. The van der Waals surface area contributed by atoms with Crippen molar-refractivity contribution < 1.29 is 12.8 Å². The number of hydrogen-bond acceptors (Lipinski definition) is 5. The number of hydrogen-bond donors (Lipinski definition) is 0. The molecule has 3 heterocycles. The van der Waals surface area contributed by atoms with E-state index in [9.17, 15) is 12.8 Å². The van der Waals surface area contributed by atoms with Crippen LogP contribution in [0.1, 0.15) is 36.1 Å². The Kier molecular flexibility index (Phi) is 4.77. The molecule has 1 aromatic heterocycles. The number of sulfonamides is 1. The topological polar surface area (TPSA) is 71.3 Å². The van der Waals surface area contributed by atoms with Gasteiger partial charge in [0.1, 0.15) is 22.4 Å². The number of nitrogens with zero attached hydrogens (tertiary/aromatic N) is 5. The third kappa shape index (κ3) is 3.28. The molecule has 1 atom stereocenters. The lowest BCUT2D eigenvalue weighted by Gasteiger charge is -2.22. The Hall–Kier alpha value is -1.84. The first-order chi connectivity index (χ1) is 12.9. The van der Waals surface area contributed by atoms with Gasteiger partial charge >= 0.3 is 0 Å². The number of aryl methyl sites for hydroxylation is 1. The molecule has 0 N–H and O–H groups in total. The van der Waals surface area contributed by atoms with Gasteiger partial charge in [0.25, 0.3) is 0 Å². The van der Waals surface area contributed by atoms with Crippen LogP contribution in [0.15, 0.2) is 23.1 Å². The Morgan fingerprint density at radius 2 is 1.96 bits per heavy atom. The molecule has 146 valence electrons. The Labute approximate surface area is 158 Å². The number of likely N-dealkylation sites (tertiary alicyclic amines) is 1. The molecular formula is C18H24FN5O2S. The maximum absolute atomic E-state index is 14.2. The number of halogens is 1. The maximum Gasteiger partial charge on any atom is 0.246 e. The second-order valence-corrected chi connectivity index (χ2v) is 9.26. The van der Waals surface area contributed by atoms with Crippen molar-refractivity contribution in [3.8, 4) is 0 Å². The maximum atomic E-state index is 14.2. The van der Waals surface area contributed by atoms with E-state index < -0.39 is 15.8 Å². The fourth-order valence-electron chi connectivity index (χ4n) is 4.00. The molecule has 0 spiro atoms. The Morgan fingerprint density at radius 3 is 2.70 bits per heavy atom. The van der Waals surface area contributed by atoms with Crippen molar-refractivity contribution in [2.45, 2.75) is 43.7 Å². The first kappa shape index (κ1) is 18.5. The zero-order valence-electron chi connectivity index (χ0n) is 15.6. The van der Waals surface area contributed by atoms with Gasteiger partial charge in [-0.15, -0.1) is 10.2 Å². The summed E-state index contributed by atoms with van der Waals surface area (Å²) < 4.78 is 43.6. The predicted molar refractivity (Wildman–Crippen MR) is 98.2 cm³/mol. The Balaban J connectivity index is 1.60. The van der Waals surface area contributed by atoms with E-state index in [1.54, 1.807) is 13.0 Å². The first-order valence-electron chi connectivity index (χ1n) is 9.26. The molecule has 2 aliphatic rings. The van der Waals surface area contributed by atoms with Crippen LogP contribution in [0.3, 0.4) is 0 Å². The number of fused-ring (bicyclic) bond motifs is 1. The van der Waals surface area contributed by atoms with Crippen molar-refractivity contribution in [3.05, 3.63) is 41.2 Å². The van der Waals surface area contributed by atoms with E-state index in [-0.39, 0.29) is 24.0 Å². The third-order valence-corrected chi connectivity index (χ3v) is 7.45. The van der Waals surface area contributed by atoms with Gasteiger partial charge in [0.05, 0.1) is 6.04 Å². The van der Waals surface area contributed by atoms with Gasteiger partial charge in [-0.2, -0.15) is 4.31 Å². The van der Waals surface area contributed by atoms with Crippen LogP contribution in [0, 0.1) is 12.7 Å². The summed E-state index contributed by atoms with van der Waals surface area (Å²) in [6.45, 7) is 3.82. The first-order valence-corrected chi connectivity index (χ1v) is 10.7. The van der Waals surface area contributed by atoms with Crippen molar-refractivity contribution in [2.75, 3.05) is 26.7 Å². The van der Waals surface area contributed by atoms with Gasteiger partial charge < -0.3 is 4.57 Å². The summed E-state index contributed by atoms with van der Waals surface area (Å²) in [7, 11) is -1.81. The van der Waals surface area contributed by atoms with Gasteiger partial charge in [0.2, 0.25) is 10.0 Å². The predicted octanol–water partition coefficient (Wildman–Crippen LogP) is 1.74. The van der Waals surface area contributed by atoms with E-state index in [0.29, 0.717) is 18.5 Å². The zero-order chi connectivity index (χ0) is 19.2. The second-order valence-electron chi connectivity index (χ2n) is 7.35. The van der Waals surface area contributed by atoms with Crippen LogP contribution in [0.5, 0.6) is 0 Å². The highest BCUT2D eigenvalue weighted by atomic mass is 32.2. The molecule has 27 heavy (non-hydrogen) atoms. The molecule has 1 aromatic carbocycles. The molecule has 1 unspecified atom stereocenters. The highest BCUT2D eigenvalue weighted by Crippen LogP contribution is 2.30. The van der Waals surface area contributed by atoms with Gasteiger partial charge in [-0.25, -0.2) is 12.8 Å². The fourth-order valence-corrected chi connectivity index (χ4v) is 5.58. The van der Waals surface area contributed by atoms with Gasteiger partial charge in [0.15, 0.2) is 0 Å². The average molecular weight is 393 g/mol. The number of rotatable bonds is 3.